The number of hydrogen-bond donors (Lipinski definition) is 0. The van der Waals surface area contributed by atoms with Crippen LogP contribution in [0.3, 0.4) is 0 Å². The summed E-state index contributed by atoms with van der Waals surface area (Å²) in [6.07, 6.45) is 3.80. The number of rotatable bonds is 3. The van der Waals surface area contributed by atoms with Crippen LogP contribution in [-0.2, 0) is 4.79 Å². The van der Waals surface area contributed by atoms with Crippen LogP contribution in [0.4, 0.5) is 8.78 Å². The van der Waals surface area contributed by atoms with E-state index >= 15 is 0 Å². The number of benzene rings is 1. The minimum Gasteiger partial charge on any atom is -0.341 e. The first-order valence-corrected chi connectivity index (χ1v) is 10.6. The van der Waals surface area contributed by atoms with Gasteiger partial charge in [-0.05, 0) is 54.4 Å². The standard InChI is InChI=1S/C24H26F2N4O/c1-23(2)17(7-9-24(23,3)22(31)30-10-8-15(12-27)14-30)16-11-20(29-28-13-16)21-18(25)5-4-6-19(21)26/h4-6,11,13,15,17H,7-10,14H2,1-3H3/t15-,17+,24+/m0/s1. The average Bonchev–Trinajstić information content (AvgIpc) is 3.31. The van der Waals surface area contributed by atoms with Crippen molar-refractivity contribution in [3.8, 4) is 17.3 Å². The highest BCUT2D eigenvalue weighted by atomic mass is 19.1. The zero-order valence-corrected chi connectivity index (χ0v) is 18.0. The molecule has 1 aliphatic carbocycles. The number of nitriles is 1. The monoisotopic (exact) mass is 424 g/mol. The molecule has 1 saturated carbocycles. The maximum atomic E-state index is 14.3. The van der Waals surface area contributed by atoms with Crippen LogP contribution < -0.4 is 0 Å². The second-order valence-electron chi connectivity index (χ2n) is 9.48. The number of amides is 1. The summed E-state index contributed by atoms with van der Waals surface area (Å²) in [4.78, 5) is 15.3. The van der Waals surface area contributed by atoms with Crippen molar-refractivity contribution in [1.29, 1.82) is 5.26 Å². The van der Waals surface area contributed by atoms with Gasteiger partial charge in [-0.3, -0.25) is 4.79 Å². The van der Waals surface area contributed by atoms with Crippen molar-refractivity contribution < 1.29 is 13.6 Å². The molecular formula is C24H26F2N4O. The van der Waals surface area contributed by atoms with Crippen LogP contribution in [0.5, 0.6) is 0 Å². The van der Waals surface area contributed by atoms with E-state index in [9.17, 15) is 18.8 Å². The molecule has 1 aromatic heterocycles. The van der Waals surface area contributed by atoms with Crippen molar-refractivity contribution in [2.24, 2.45) is 16.7 Å². The quantitative estimate of drug-likeness (QED) is 0.716. The van der Waals surface area contributed by atoms with E-state index in [-0.39, 0.29) is 29.0 Å². The molecule has 1 amide bonds. The Kier molecular flexibility index (Phi) is 5.28. The molecule has 2 aliphatic rings. The van der Waals surface area contributed by atoms with Crippen molar-refractivity contribution in [1.82, 2.24) is 15.1 Å². The average molecular weight is 424 g/mol. The number of nitrogens with zero attached hydrogens (tertiary/aromatic N) is 4. The molecular weight excluding hydrogens is 398 g/mol. The smallest absolute Gasteiger partial charge is 0.229 e. The third kappa shape index (κ3) is 3.38. The SMILES string of the molecule is CC1(C)[C@@H](c2cnnc(-c3c(F)cccc3F)c2)CC[C@]1(C)C(=O)N1CC[C@@H](C#N)C1. The van der Waals surface area contributed by atoms with Gasteiger partial charge in [-0.25, -0.2) is 8.78 Å². The second kappa shape index (κ2) is 7.67. The zero-order valence-electron chi connectivity index (χ0n) is 18.0. The predicted octanol–water partition coefficient (Wildman–Crippen LogP) is 4.70. The van der Waals surface area contributed by atoms with Gasteiger partial charge in [0.25, 0.3) is 0 Å². The Hall–Kier alpha value is -2.88. The first kappa shape index (κ1) is 21.4. The lowest BCUT2D eigenvalue weighted by atomic mass is 9.63. The van der Waals surface area contributed by atoms with Gasteiger partial charge in [0.2, 0.25) is 5.91 Å². The number of hydrogen-bond acceptors (Lipinski definition) is 4. The van der Waals surface area contributed by atoms with Gasteiger partial charge >= 0.3 is 0 Å². The number of carbonyl (C=O) groups is 1. The van der Waals surface area contributed by atoms with Gasteiger partial charge in [0.15, 0.2) is 0 Å². The maximum Gasteiger partial charge on any atom is 0.229 e. The van der Waals surface area contributed by atoms with Crippen molar-refractivity contribution in [3.05, 3.63) is 47.7 Å². The molecule has 1 saturated heterocycles. The van der Waals surface area contributed by atoms with E-state index in [1.807, 2.05) is 11.8 Å². The molecule has 31 heavy (non-hydrogen) atoms. The fourth-order valence-electron chi connectivity index (χ4n) is 5.30. The summed E-state index contributed by atoms with van der Waals surface area (Å²) in [7, 11) is 0. The summed E-state index contributed by atoms with van der Waals surface area (Å²) in [5, 5.41) is 17.2. The van der Waals surface area contributed by atoms with Crippen LogP contribution in [0.15, 0.2) is 30.5 Å². The van der Waals surface area contributed by atoms with Crippen molar-refractivity contribution in [2.75, 3.05) is 13.1 Å². The van der Waals surface area contributed by atoms with Crippen LogP contribution in [0, 0.1) is 39.7 Å². The van der Waals surface area contributed by atoms with Crippen LogP contribution in [0.2, 0.25) is 0 Å². The highest BCUT2D eigenvalue weighted by Gasteiger charge is 2.57. The van der Waals surface area contributed by atoms with E-state index in [0.717, 1.165) is 12.0 Å². The van der Waals surface area contributed by atoms with Crippen molar-refractivity contribution >= 4 is 5.91 Å². The maximum absolute atomic E-state index is 14.3. The van der Waals surface area contributed by atoms with E-state index in [2.05, 4.69) is 30.1 Å². The Bertz CT molecular complexity index is 1040. The molecule has 3 atom stereocenters. The highest BCUT2D eigenvalue weighted by Crippen LogP contribution is 2.60. The topological polar surface area (TPSA) is 69.9 Å². The van der Waals surface area contributed by atoms with Gasteiger partial charge in [-0.2, -0.15) is 15.5 Å². The highest BCUT2D eigenvalue weighted by molar-refractivity contribution is 5.84. The molecule has 0 N–H and O–H groups in total. The van der Waals surface area contributed by atoms with Crippen LogP contribution in [0.1, 0.15) is 51.5 Å². The zero-order chi connectivity index (χ0) is 22.4. The Morgan fingerprint density at radius 3 is 2.58 bits per heavy atom. The van der Waals surface area contributed by atoms with Gasteiger partial charge in [0, 0.05) is 13.1 Å². The van der Waals surface area contributed by atoms with Gasteiger partial charge in [0.05, 0.1) is 34.9 Å². The fraction of sp³-hybridized carbons (Fsp3) is 0.500. The van der Waals surface area contributed by atoms with Crippen molar-refractivity contribution in [3.63, 3.8) is 0 Å². The Labute approximate surface area is 181 Å². The van der Waals surface area contributed by atoms with Crippen molar-refractivity contribution in [2.45, 2.75) is 46.0 Å². The number of aromatic nitrogens is 2. The van der Waals surface area contributed by atoms with Gasteiger partial charge in [-0.15, -0.1) is 0 Å². The Balaban J connectivity index is 1.65. The summed E-state index contributed by atoms with van der Waals surface area (Å²) in [6, 6.07) is 7.68. The molecule has 1 aromatic carbocycles. The van der Waals surface area contributed by atoms with Gasteiger partial charge in [0.1, 0.15) is 11.6 Å². The summed E-state index contributed by atoms with van der Waals surface area (Å²) in [5.74, 6) is -1.40. The minimum absolute atomic E-state index is 0.0140. The predicted molar refractivity (Wildman–Crippen MR) is 112 cm³/mol. The lowest BCUT2D eigenvalue weighted by Crippen LogP contribution is -2.47. The summed E-state index contributed by atoms with van der Waals surface area (Å²) >= 11 is 0. The number of likely N-dealkylation sites (tertiary alicyclic amines) is 1. The lowest BCUT2D eigenvalue weighted by molar-refractivity contribution is -0.145. The number of carbonyl (C=O) groups excluding carboxylic acids is 1. The molecule has 1 aliphatic heterocycles. The molecule has 7 heteroatoms. The first-order valence-electron chi connectivity index (χ1n) is 10.6. The molecule has 2 heterocycles. The molecule has 162 valence electrons. The van der Waals surface area contributed by atoms with Gasteiger partial charge < -0.3 is 4.90 Å². The summed E-state index contributed by atoms with van der Waals surface area (Å²) in [6.45, 7) is 7.25. The van der Waals surface area contributed by atoms with E-state index < -0.39 is 22.5 Å². The van der Waals surface area contributed by atoms with E-state index in [1.165, 1.54) is 18.2 Å². The largest absolute Gasteiger partial charge is 0.341 e. The minimum atomic E-state index is -0.682. The Morgan fingerprint density at radius 1 is 1.23 bits per heavy atom. The molecule has 0 spiro atoms. The normalized spacial score (nSPS) is 27.3. The third-order valence-corrected chi connectivity index (χ3v) is 7.65. The first-order chi connectivity index (χ1) is 14.7. The lowest BCUT2D eigenvalue weighted by Gasteiger charge is -2.42. The summed E-state index contributed by atoms with van der Waals surface area (Å²) < 4.78 is 28.6. The fourth-order valence-corrected chi connectivity index (χ4v) is 5.30. The molecule has 0 unspecified atom stereocenters. The van der Waals surface area contributed by atoms with Crippen LogP contribution in [-0.4, -0.2) is 34.1 Å². The molecule has 2 aromatic rings. The van der Waals surface area contributed by atoms with Crippen LogP contribution >= 0.6 is 0 Å². The molecule has 4 rings (SSSR count). The molecule has 0 bridgehead atoms. The van der Waals surface area contributed by atoms with Gasteiger partial charge in [-0.1, -0.05) is 26.8 Å². The Morgan fingerprint density at radius 2 is 1.94 bits per heavy atom. The summed E-state index contributed by atoms with van der Waals surface area (Å²) in [5.41, 5.74) is -0.228. The van der Waals surface area contributed by atoms with E-state index in [4.69, 9.17) is 0 Å². The van der Waals surface area contributed by atoms with E-state index in [0.29, 0.717) is 25.9 Å². The molecule has 5 nitrogen and oxygen atoms in total. The molecule has 2 fully saturated rings. The number of halogens is 2. The second-order valence-corrected chi connectivity index (χ2v) is 9.48. The third-order valence-electron chi connectivity index (χ3n) is 7.65. The van der Waals surface area contributed by atoms with E-state index in [1.54, 1.807) is 12.3 Å². The van der Waals surface area contributed by atoms with Crippen LogP contribution in [0.25, 0.3) is 11.3 Å². The molecule has 0 radical (unpaired) electrons.